The van der Waals surface area contributed by atoms with E-state index >= 15 is 0 Å². The summed E-state index contributed by atoms with van der Waals surface area (Å²) in [6.07, 6.45) is 4.20. The Hall–Kier alpha value is -1.99. The number of aromatic nitrogens is 1. The van der Waals surface area contributed by atoms with Crippen LogP contribution in [0, 0.1) is 13.5 Å². The summed E-state index contributed by atoms with van der Waals surface area (Å²) in [5.74, 6) is 1.16. The Morgan fingerprint density at radius 2 is 2.19 bits per heavy atom. The van der Waals surface area contributed by atoms with Crippen molar-refractivity contribution in [2.24, 2.45) is 0 Å². The van der Waals surface area contributed by atoms with Gasteiger partial charge < -0.3 is 14.0 Å². The number of pyridine rings is 1. The fraction of sp³-hybridized carbons (Fsp3) is 0.471. The van der Waals surface area contributed by atoms with Crippen molar-refractivity contribution in [3.63, 3.8) is 0 Å². The number of hydrogen-bond donors (Lipinski definition) is 0. The molecule has 1 aliphatic heterocycles. The second-order valence-corrected chi connectivity index (χ2v) is 5.52. The van der Waals surface area contributed by atoms with Crippen LogP contribution in [0.5, 0.6) is 0 Å². The molecule has 3 heterocycles. The first-order valence-corrected chi connectivity index (χ1v) is 7.58. The normalized spacial score (nSPS) is 16.0. The first-order chi connectivity index (χ1) is 10.3. The van der Waals surface area contributed by atoms with Gasteiger partial charge in [0.2, 0.25) is 0 Å². The van der Waals surface area contributed by atoms with Crippen LogP contribution in [-0.4, -0.2) is 30.2 Å². The third kappa shape index (κ3) is 2.38. The molecule has 2 aromatic rings. The first kappa shape index (κ1) is 14.0. The van der Waals surface area contributed by atoms with Crippen LogP contribution in [0.1, 0.15) is 25.3 Å². The van der Waals surface area contributed by atoms with E-state index in [1.807, 2.05) is 12.1 Å². The second-order valence-electron chi connectivity index (χ2n) is 5.52. The van der Waals surface area contributed by atoms with Crippen LogP contribution in [0.15, 0.2) is 24.4 Å². The summed E-state index contributed by atoms with van der Waals surface area (Å²) in [5.41, 5.74) is 2.91. The highest BCUT2D eigenvalue weighted by atomic mass is 16.5. The predicted octanol–water partition coefficient (Wildman–Crippen LogP) is 3.80. The van der Waals surface area contributed by atoms with Gasteiger partial charge in [-0.2, -0.15) is 0 Å². The molecule has 0 atom stereocenters. The zero-order chi connectivity index (χ0) is 14.8. The number of fused-ring (bicyclic) bond motifs is 1. The smallest absolute Gasteiger partial charge is 0.195 e. The number of nitrogens with zero attached hydrogens (tertiary/aromatic N) is 3. The molecular weight excluding hydrogens is 262 g/mol. The van der Waals surface area contributed by atoms with Crippen molar-refractivity contribution in [1.82, 2.24) is 4.40 Å². The molecule has 4 nitrogen and oxygen atoms in total. The minimum absolute atomic E-state index is 0.494. The fourth-order valence-corrected chi connectivity index (χ4v) is 3.30. The van der Waals surface area contributed by atoms with Crippen molar-refractivity contribution in [1.29, 1.82) is 0 Å². The molecule has 0 aliphatic carbocycles. The molecule has 0 amide bonds. The molecule has 0 saturated carbocycles. The number of hydrogen-bond acceptors (Lipinski definition) is 2. The van der Waals surface area contributed by atoms with Crippen LogP contribution in [-0.2, 0) is 4.74 Å². The quantitative estimate of drug-likeness (QED) is 0.799. The molecule has 0 aromatic carbocycles. The van der Waals surface area contributed by atoms with Crippen molar-refractivity contribution in [2.45, 2.75) is 32.7 Å². The zero-order valence-corrected chi connectivity index (χ0v) is 12.7. The molecule has 4 heteroatoms. The van der Waals surface area contributed by atoms with Gasteiger partial charge in [-0.05, 0) is 50.5 Å². The van der Waals surface area contributed by atoms with E-state index in [0.29, 0.717) is 6.04 Å². The van der Waals surface area contributed by atoms with Crippen molar-refractivity contribution < 1.29 is 4.74 Å². The van der Waals surface area contributed by atoms with Crippen LogP contribution in [0.25, 0.3) is 10.4 Å². The van der Waals surface area contributed by atoms with Gasteiger partial charge in [0.15, 0.2) is 5.69 Å². The fourth-order valence-electron chi connectivity index (χ4n) is 3.30. The SMILES string of the molecule is [C-]#[N+]c1cc2cccn2c(N(CC)C2CCOCC2)c1C. The van der Waals surface area contributed by atoms with Crippen molar-refractivity contribution in [3.05, 3.63) is 41.4 Å². The monoisotopic (exact) mass is 283 g/mol. The van der Waals surface area contributed by atoms with Gasteiger partial charge in [0.05, 0.1) is 6.57 Å². The maximum Gasteiger partial charge on any atom is 0.195 e. The predicted molar refractivity (Wildman–Crippen MR) is 85.3 cm³/mol. The number of ether oxygens (including phenoxy) is 1. The van der Waals surface area contributed by atoms with Crippen LogP contribution in [0.4, 0.5) is 11.5 Å². The lowest BCUT2D eigenvalue weighted by Gasteiger charge is -2.37. The van der Waals surface area contributed by atoms with Gasteiger partial charge in [-0.25, -0.2) is 4.85 Å². The van der Waals surface area contributed by atoms with E-state index in [1.54, 1.807) is 0 Å². The molecule has 1 fully saturated rings. The minimum atomic E-state index is 0.494. The molecule has 0 radical (unpaired) electrons. The van der Waals surface area contributed by atoms with Gasteiger partial charge in [0.1, 0.15) is 5.82 Å². The molecule has 3 rings (SSSR count). The minimum Gasteiger partial charge on any atom is -0.381 e. The van der Waals surface area contributed by atoms with Crippen LogP contribution >= 0.6 is 0 Å². The highest BCUT2D eigenvalue weighted by Crippen LogP contribution is 2.34. The van der Waals surface area contributed by atoms with Crippen LogP contribution in [0.2, 0.25) is 0 Å². The lowest BCUT2D eigenvalue weighted by Crippen LogP contribution is -2.40. The third-order valence-electron chi connectivity index (χ3n) is 4.38. The van der Waals surface area contributed by atoms with Crippen molar-refractivity contribution >= 4 is 17.0 Å². The van der Waals surface area contributed by atoms with E-state index in [4.69, 9.17) is 11.3 Å². The lowest BCUT2D eigenvalue weighted by atomic mass is 10.1. The summed E-state index contributed by atoms with van der Waals surface area (Å²) in [6.45, 7) is 14.3. The van der Waals surface area contributed by atoms with E-state index in [0.717, 1.165) is 55.2 Å². The van der Waals surface area contributed by atoms with E-state index in [2.05, 4.69) is 40.3 Å². The van der Waals surface area contributed by atoms with Gasteiger partial charge in [0, 0.05) is 37.5 Å². The Morgan fingerprint density at radius 1 is 1.43 bits per heavy atom. The Bertz CT molecular complexity index is 677. The Morgan fingerprint density at radius 3 is 2.86 bits per heavy atom. The Labute approximate surface area is 125 Å². The lowest BCUT2D eigenvalue weighted by molar-refractivity contribution is 0.0844. The summed E-state index contributed by atoms with van der Waals surface area (Å²) in [7, 11) is 0. The molecule has 21 heavy (non-hydrogen) atoms. The molecule has 0 bridgehead atoms. The highest BCUT2D eigenvalue weighted by molar-refractivity contribution is 5.73. The molecule has 0 spiro atoms. The van der Waals surface area contributed by atoms with Crippen LogP contribution < -0.4 is 4.90 Å². The van der Waals surface area contributed by atoms with Crippen molar-refractivity contribution in [3.8, 4) is 0 Å². The third-order valence-corrected chi connectivity index (χ3v) is 4.38. The zero-order valence-electron chi connectivity index (χ0n) is 12.7. The standard InChI is InChI=1S/C17H21N3O/c1-4-19(14-7-10-21-11-8-14)17-13(2)16(18-3)12-15-6-5-9-20(15)17/h5-6,9,12,14H,4,7-8,10-11H2,1-2H3. The molecule has 1 aliphatic rings. The average Bonchev–Trinajstić information content (AvgIpc) is 2.98. The molecule has 0 N–H and O–H groups in total. The van der Waals surface area contributed by atoms with E-state index in [1.165, 1.54) is 0 Å². The molecule has 0 unspecified atom stereocenters. The molecule has 110 valence electrons. The van der Waals surface area contributed by atoms with E-state index in [-0.39, 0.29) is 0 Å². The largest absolute Gasteiger partial charge is 0.381 e. The van der Waals surface area contributed by atoms with Gasteiger partial charge in [-0.15, -0.1) is 0 Å². The molecule has 1 saturated heterocycles. The average molecular weight is 283 g/mol. The number of rotatable bonds is 3. The topological polar surface area (TPSA) is 21.2 Å². The van der Waals surface area contributed by atoms with Gasteiger partial charge in [-0.3, -0.25) is 0 Å². The summed E-state index contributed by atoms with van der Waals surface area (Å²) < 4.78 is 7.71. The second kappa shape index (κ2) is 5.79. The van der Waals surface area contributed by atoms with Gasteiger partial charge in [0.25, 0.3) is 0 Å². The van der Waals surface area contributed by atoms with E-state index in [9.17, 15) is 0 Å². The van der Waals surface area contributed by atoms with Crippen molar-refractivity contribution in [2.75, 3.05) is 24.7 Å². The summed E-state index contributed by atoms with van der Waals surface area (Å²) >= 11 is 0. The maximum atomic E-state index is 7.43. The first-order valence-electron chi connectivity index (χ1n) is 7.58. The van der Waals surface area contributed by atoms with Gasteiger partial charge >= 0.3 is 0 Å². The highest BCUT2D eigenvalue weighted by Gasteiger charge is 2.24. The van der Waals surface area contributed by atoms with Gasteiger partial charge in [-0.1, -0.05) is 0 Å². The maximum absolute atomic E-state index is 7.43. The summed E-state index contributed by atoms with van der Waals surface area (Å²) in [4.78, 5) is 6.15. The summed E-state index contributed by atoms with van der Waals surface area (Å²) in [6, 6.07) is 6.58. The molecular formula is C17H21N3O. The Kier molecular flexibility index (Phi) is 3.85. The number of anilines is 1. The Balaban J connectivity index is 2.14. The van der Waals surface area contributed by atoms with Crippen LogP contribution in [0.3, 0.4) is 0 Å². The summed E-state index contributed by atoms with van der Waals surface area (Å²) in [5, 5.41) is 0. The molecule has 2 aromatic heterocycles. The van der Waals surface area contributed by atoms with E-state index < -0.39 is 0 Å².